The molecule has 4 aromatic heterocycles. The molecule has 4 heterocycles. The van der Waals surface area contributed by atoms with Gasteiger partial charge in [-0.15, -0.1) is 9.03 Å². The van der Waals surface area contributed by atoms with Crippen LogP contribution >= 0.6 is 0 Å². The summed E-state index contributed by atoms with van der Waals surface area (Å²) >= 11 is 0. The molecule has 0 aliphatic carbocycles. The molecule has 6 rings (SSSR count). The van der Waals surface area contributed by atoms with E-state index in [2.05, 4.69) is 46.3 Å². The fourth-order valence-electron chi connectivity index (χ4n) is 3.56. The van der Waals surface area contributed by atoms with Crippen LogP contribution in [0.1, 0.15) is 0 Å². The zero-order valence-electron chi connectivity index (χ0n) is 11.0. The summed E-state index contributed by atoms with van der Waals surface area (Å²) in [6, 6.07) is 14.7. The van der Waals surface area contributed by atoms with Crippen LogP contribution in [0.4, 0.5) is 0 Å². The Morgan fingerprint density at radius 1 is 0.905 bits per heavy atom. The lowest BCUT2D eigenvalue weighted by Gasteiger charge is -1.98. The van der Waals surface area contributed by atoms with Crippen LogP contribution in [0.3, 0.4) is 0 Å². The molecule has 98 valence electrons. The largest absolute Gasteiger partial charge is 0.452 e. The van der Waals surface area contributed by atoms with Crippen molar-refractivity contribution in [3.63, 3.8) is 0 Å². The number of rotatable bonds is 0. The number of furan rings is 1. The lowest BCUT2D eigenvalue weighted by Crippen LogP contribution is -2.26. The lowest BCUT2D eigenvalue weighted by atomic mass is 10.0. The Bertz CT molecular complexity index is 1290. The molecule has 0 unspecified atom stereocenters. The summed E-state index contributed by atoms with van der Waals surface area (Å²) in [4.78, 5) is 0. The highest BCUT2D eigenvalue weighted by Gasteiger charge is 2.21. The number of nitrogens with one attached hydrogen (secondary N) is 1. The predicted molar refractivity (Wildman–Crippen MR) is 80.9 cm³/mol. The average Bonchev–Trinajstić information content (AvgIpc) is 3.04. The molecule has 0 aliphatic rings. The minimum absolute atomic E-state index is 0.898. The summed E-state index contributed by atoms with van der Waals surface area (Å²) in [5.41, 5.74) is 4.12. The van der Waals surface area contributed by atoms with Gasteiger partial charge < -0.3 is 4.42 Å². The summed E-state index contributed by atoms with van der Waals surface area (Å²) in [7, 11) is 0. The van der Waals surface area contributed by atoms with E-state index in [1.165, 1.54) is 27.1 Å². The first-order chi connectivity index (χ1) is 10.4. The molecular formula is C17H10N3O+. The highest BCUT2D eigenvalue weighted by Crippen LogP contribution is 2.37. The number of hydrogen-bond donors (Lipinski definition) is 1. The van der Waals surface area contributed by atoms with Gasteiger partial charge in [-0.3, -0.25) is 0 Å². The van der Waals surface area contributed by atoms with Crippen LogP contribution in [0, 0.1) is 0 Å². The number of benzene rings is 2. The van der Waals surface area contributed by atoms with Crippen LogP contribution in [0.25, 0.3) is 43.7 Å². The van der Waals surface area contributed by atoms with Crippen molar-refractivity contribution in [3.8, 4) is 0 Å². The zero-order chi connectivity index (χ0) is 13.6. The molecule has 0 saturated carbocycles. The number of nitrogens with zero attached hydrogens (tertiary/aromatic N) is 2. The van der Waals surface area contributed by atoms with E-state index in [1.807, 2.05) is 22.8 Å². The summed E-state index contributed by atoms with van der Waals surface area (Å²) in [6.07, 6.45) is 4.09. The fourth-order valence-corrected chi connectivity index (χ4v) is 3.56. The molecule has 4 heteroatoms. The number of aromatic nitrogens is 3. The maximum atomic E-state index is 6.03. The molecule has 4 nitrogen and oxygen atoms in total. The van der Waals surface area contributed by atoms with Gasteiger partial charge in [-0.1, -0.05) is 17.3 Å². The third-order valence-corrected chi connectivity index (χ3v) is 4.43. The van der Waals surface area contributed by atoms with Gasteiger partial charge in [-0.25, -0.2) is 0 Å². The van der Waals surface area contributed by atoms with Gasteiger partial charge in [0.1, 0.15) is 18.0 Å². The van der Waals surface area contributed by atoms with Crippen molar-refractivity contribution in [2.75, 3.05) is 0 Å². The van der Waals surface area contributed by atoms with Crippen molar-refractivity contribution < 1.29 is 8.93 Å². The first-order valence-corrected chi connectivity index (χ1v) is 6.97. The second kappa shape index (κ2) is 3.01. The Kier molecular flexibility index (Phi) is 1.41. The smallest absolute Gasteiger partial charge is 0.207 e. The molecule has 1 N–H and O–H groups in total. The second-order valence-corrected chi connectivity index (χ2v) is 5.52. The highest BCUT2D eigenvalue weighted by molar-refractivity contribution is 6.24. The van der Waals surface area contributed by atoms with E-state index in [1.54, 1.807) is 0 Å². The molecule has 0 amide bonds. The monoisotopic (exact) mass is 272 g/mol. The number of pyridine rings is 1. The topological polar surface area (TPSA) is 37.4 Å². The molecule has 2 aromatic carbocycles. The van der Waals surface area contributed by atoms with E-state index in [0.717, 1.165) is 16.7 Å². The van der Waals surface area contributed by atoms with Crippen LogP contribution in [-0.4, -0.2) is 9.73 Å². The van der Waals surface area contributed by atoms with Gasteiger partial charge in [0.05, 0.1) is 5.39 Å². The Labute approximate surface area is 118 Å². The third-order valence-electron chi connectivity index (χ3n) is 4.43. The van der Waals surface area contributed by atoms with Crippen LogP contribution in [-0.2, 0) is 0 Å². The van der Waals surface area contributed by atoms with Crippen molar-refractivity contribution >= 4 is 43.7 Å². The van der Waals surface area contributed by atoms with E-state index in [-0.39, 0.29) is 0 Å². The molecule has 0 aliphatic heterocycles. The molecule has 6 aromatic rings. The summed E-state index contributed by atoms with van der Waals surface area (Å²) in [5.74, 6) is 0. The van der Waals surface area contributed by atoms with Crippen molar-refractivity contribution in [1.82, 2.24) is 9.73 Å². The molecule has 0 saturated heterocycles. The van der Waals surface area contributed by atoms with Gasteiger partial charge >= 0.3 is 0 Å². The van der Waals surface area contributed by atoms with Gasteiger partial charge in [0.25, 0.3) is 0 Å². The number of aromatic amines is 1. The van der Waals surface area contributed by atoms with Crippen molar-refractivity contribution in [2.24, 2.45) is 0 Å². The SMILES string of the molecule is c1cc2oc3ccc4ccc5ccn6[nH][n+](c1)c2c3c4c56. The first-order valence-electron chi connectivity index (χ1n) is 6.97. The van der Waals surface area contributed by atoms with Crippen molar-refractivity contribution in [2.45, 2.75) is 0 Å². The molecule has 21 heavy (non-hydrogen) atoms. The standard InChI is InChI=1S/C17H10N3O/c1-2-13-17-15-12(21-13)6-5-10-3-4-11-7-9-20(16(11)14(10)15)18-19(17)8-1/h1-9,18H/q+1. The van der Waals surface area contributed by atoms with Gasteiger partial charge in [-0.2, -0.15) is 0 Å². The minimum Gasteiger partial charge on any atom is -0.452 e. The summed E-state index contributed by atoms with van der Waals surface area (Å²) in [5, 5.41) is 8.31. The van der Waals surface area contributed by atoms with Crippen molar-refractivity contribution in [1.29, 1.82) is 0 Å². The number of hydrogen-bond acceptors (Lipinski definition) is 1. The van der Waals surface area contributed by atoms with Gasteiger partial charge in [0.2, 0.25) is 5.52 Å². The summed E-state index contributed by atoms with van der Waals surface area (Å²) in [6.45, 7) is 0. The summed E-state index contributed by atoms with van der Waals surface area (Å²) < 4.78 is 10.1. The zero-order valence-corrected chi connectivity index (χ0v) is 11.0. The van der Waals surface area contributed by atoms with Crippen LogP contribution in [0.5, 0.6) is 0 Å². The van der Waals surface area contributed by atoms with Gasteiger partial charge in [-0.05, 0) is 35.7 Å². The third kappa shape index (κ3) is 0.993. The second-order valence-electron chi connectivity index (χ2n) is 5.52. The highest BCUT2D eigenvalue weighted by atomic mass is 16.3. The maximum Gasteiger partial charge on any atom is 0.207 e. The quantitative estimate of drug-likeness (QED) is 0.422. The van der Waals surface area contributed by atoms with Crippen LogP contribution in [0.15, 0.2) is 59.3 Å². The van der Waals surface area contributed by atoms with Crippen LogP contribution in [0.2, 0.25) is 0 Å². The molecule has 0 atom stereocenters. The lowest BCUT2D eigenvalue weighted by molar-refractivity contribution is -0.586. The Hall–Kier alpha value is -3.01. The molecule has 0 bridgehead atoms. The van der Waals surface area contributed by atoms with Crippen molar-refractivity contribution in [3.05, 3.63) is 54.9 Å². The van der Waals surface area contributed by atoms with Gasteiger partial charge in [0, 0.05) is 10.8 Å². The Morgan fingerprint density at radius 3 is 2.81 bits per heavy atom. The molecular weight excluding hydrogens is 262 g/mol. The van der Waals surface area contributed by atoms with E-state index in [9.17, 15) is 0 Å². The molecule has 0 radical (unpaired) electrons. The van der Waals surface area contributed by atoms with E-state index in [0.29, 0.717) is 0 Å². The minimum atomic E-state index is 0.898. The first kappa shape index (κ1) is 9.83. The molecule has 0 fully saturated rings. The van der Waals surface area contributed by atoms with Crippen LogP contribution < -0.4 is 4.52 Å². The Balaban J connectivity index is 2.23. The fraction of sp³-hybridized carbons (Fsp3) is 0. The molecule has 0 spiro atoms. The van der Waals surface area contributed by atoms with E-state index in [4.69, 9.17) is 4.42 Å². The van der Waals surface area contributed by atoms with Gasteiger partial charge in [0.15, 0.2) is 11.1 Å². The Morgan fingerprint density at radius 2 is 1.81 bits per heavy atom. The number of H-pyrrole nitrogens is 1. The van der Waals surface area contributed by atoms with E-state index >= 15 is 0 Å². The maximum absolute atomic E-state index is 6.03. The predicted octanol–water partition coefficient (Wildman–Crippen LogP) is 3.50. The average molecular weight is 272 g/mol. The normalized spacial score (nSPS) is 12.8. The van der Waals surface area contributed by atoms with E-state index < -0.39 is 0 Å².